The summed E-state index contributed by atoms with van der Waals surface area (Å²) in [6, 6.07) is 0. The first-order chi connectivity index (χ1) is 13.1. The summed E-state index contributed by atoms with van der Waals surface area (Å²) in [6.45, 7) is 19.6. The molecule has 2 rings (SSSR count). The van der Waals surface area contributed by atoms with Gasteiger partial charge in [0.05, 0.1) is 12.4 Å². The molecule has 0 amide bonds. The van der Waals surface area contributed by atoms with Gasteiger partial charge in [0, 0.05) is 25.9 Å². The van der Waals surface area contributed by atoms with E-state index < -0.39 is 0 Å². The molecule has 2 heterocycles. The number of azo groups is 1. The fraction of sp³-hybridized carbons (Fsp3) is 0.727. The molecular formula is C22H38N6. The monoisotopic (exact) mass is 386 g/mol. The Morgan fingerprint density at radius 1 is 0.643 bits per heavy atom. The highest BCUT2D eigenvalue weighted by atomic mass is 15.2. The maximum absolute atomic E-state index is 4.71. The Morgan fingerprint density at radius 2 is 1.00 bits per heavy atom. The Balaban J connectivity index is 2.24. The average molecular weight is 387 g/mol. The molecule has 6 heteroatoms. The molecule has 0 aliphatic heterocycles. The molecule has 6 nitrogen and oxygen atoms in total. The van der Waals surface area contributed by atoms with Crippen LogP contribution in [0.25, 0.3) is 0 Å². The third kappa shape index (κ3) is 6.88. The molecular weight excluding hydrogens is 348 g/mol. The molecule has 0 saturated carbocycles. The number of aromatic nitrogens is 4. The summed E-state index contributed by atoms with van der Waals surface area (Å²) in [5, 5.41) is 8.80. The van der Waals surface area contributed by atoms with Crippen molar-refractivity contribution in [3.8, 4) is 0 Å². The molecule has 0 atom stereocenters. The van der Waals surface area contributed by atoms with Gasteiger partial charge in [-0.05, 0) is 23.7 Å². The standard InChI is InChI=1S/C22H38N6/c1-15(2)9-21-23-19(13-27(21)11-17(5)6)25-26-20-14-28(12-18(7)8)22(24-20)10-16(3)4/h13-18H,9-12H2,1-8H3/b26-25+. The second kappa shape index (κ2) is 9.99. The van der Waals surface area contributed by atoms with Crippen LogP contribution in [0.2, 0.25) is 0 Å². The van der Waals surface area contributed by atoms with Crippen LogP contribution in [0.3, 0.4) is 0 Å². The molecule has 0 bridgehead atoms. The average Bonchev–Trinajstić information content (AvgIpc) is 3.07. The van der Waals surface area contributed by atoms with Gasteiger partial charge in [-0.25, -0.2) is 9.97 Å². The first-order valence-corrected chi connectivity index (χ1v) is 10.7. The summed E-state index contributed by atoms with van der Waals surface area (Å²) >= 11 is 0. The van der Waals surface area contributed by atoms with Crippen molar-refractivity contribution in [3.05, 3.63) is 24.0 Å². The maximum atomic E-state index is 4.71. The molecule has 0 radical (unpaired) electrons. The van der Waals surface area contributed by atoms with Gasteiger partial charge in [0.2, 0.25) is 0 Å². The fourth-order valence-electron chi connectivity index (χ4n) is 3.24. The highest BCUT2D eigenvalue weighted by Crippen LogP contribution is 2.21. The van der Waals surface area contributed by atoms with E-state index in [4.69, 9.17) is 9.97 Å². The second-order valence-corrected chi connectivity index (χ2v) is 9.52. The van der Waals surface area contributed by atoms with E-state index in [0.29, 0.717) is 35.3 Å². The lowest BCUT2D eigenvalue weighted by molar-refractivity contribution is 0.490. The molecule has 0 aliphatic rings. The molecule has 0 aliphatic carbocycles. The van der Waals surface area contributed by atoms with Gasteiger partial charge >= 0.3 is 0 Å². The van der Waals surface area contributed by atoms with E-state index in [9.17, 15) is 0 Å². The van der Waals surface area contributed by atoms with E-state index >= 15 is 0 Å². The number of nitrogens with zero attached hydrogens (tertiary/aromatic N) is 6. The highest BCUT2D eigenvalue weighted by molar-refractivity contribution is 5.29. The molecule has 0 saturated heterocycles. The van der Waals surface area contributed by atoms with Crippen LogP contribution in [0, 0.1) is 23.7 Å². The summed E-state index contributed by atoms with van der Waals surface area (Å²) in [6.07, 6.45) is 5.93. The van der Waals surface area contributed by atoms with Gasteiger partial charge in [0.25, 0.3) is 0 Å². The zero-order chi connectivity index (χ0) is 20.8. The van der Waals surface area contributed by atoms with E-state index in [0.717, 1.165) is 37.6 Å². The van der Waals surface area contributed by atoms with Crippen LogP contribution in [-0.2, 0) is 25.9 Å². The summed E-state index contributed by atoms with van der Waals surface area (Å²) in [4.78, 5) is 9.42. The van der Waals surface area contributed by atoms with Crippen molar-refractivity contribution in [2.45, 2.75) is 81.3 Å². The first-order valence-electron chi connectivity index (χ1n) is 10.7. The van der Waals surface area contributed by atoms with Gasteiger partial charge in [0.15, 0.2) is 11.6 Å². The summed E-state index contributed by atoms with van der Waals surface area (Å²) in [7, 11) is 0. The quantitative estimate of drug-likeness (QED) is 0.456. The predicted octanol–water partition coefficient (Wildman–Crippen LogP) is 6.20. The van der Waals surface area contributed by atoms with E-state index in [1.807, 2.05) is 12.4 Å². The van der Waals surface area contributed by atoms with Gasteiger partial charge in [0.1, 0.15) is 11.6 Å². The lowest BCUT2D eigenvalue weighted by Gasteiger charge is -2.11. The predicted molar refractivity (Wildman–Crippen MR) is 115 cm³/mol. The minimum atomic E-state index is 0.559. The van der Waals surface area contributed by atoms with Crippen LogP contribution in [-0.4, -0.2) is 19.1 Å². The third-order valence-corrected chi connectivity index (χ3v) is 4.25. The molecule has 0 fully saturated rings. The van der Waals surface area contributed by atoms with Crippen molar-refractivity contribution in [1.82, 2.24) is 19.1 Å². The molecule has 0 spiro atoms. The van der Waals surface area contributed by atoms with Crippen molar-refractivity contribution in [3.63, 3.8) is 0 Å². The summed E-state index contributed by atoms with van der Waals surface area (Å²) < 4.78 is 4.45. The van der Waals surface area contributed by atoms with Gasteiger partial charge in [-0.2, -0.15) is 0 Å². The van der Waals surface area contributed by atoms with Gasteiger partial charge in [-0.1, -0.05) is 55.4 Å². The Bertz CT molecular complexity index is 645. The van der Waals surface area contributed by atoms with E-state index in [2.05, 4.69) is 74.8 Å². The molecule has 156 valence electrons. The van der Waals surface area contributed by atoms with Crippen LogP contribution in [0.1, 0.15) is 67.0 Å². The topological polar surface area (TPSA) is 60.4 Å². The molecule has 2 aromatic rings. The molecule has 28 heavy (non-hydrogen) atoms. The van der Waals surface area contributed by atoms with Crippen molar-refractivity contribution in [2.24, 2.45) is 33.9 Å². The normalized spacial score (nSPS) is 12.6. The number of hydrogen-bond acceptors (Lipinski definition) is 4. The van der Waals surface area contributed by atoms with Crippen LogP contribution >= 0.6 is 0 Å². The minimum absolute atomic E-state index is 0.559. The van der Waals surface area contributed by atoms with Crippen molar-refractivity contribution >= 4 is 11.6 Å². The van der Waals surface area contributed by atoms with Gasteiger partial charge in [-0.3, -0.25) is 0 Å². The highest BCUT2D eigenvalue weighted by Gasteiger charge is 2.13. The SMILES string of the molecule is CC(C)Cc1nc(/N=N/c2cn(CC(C)C)c(CC(C)C)n2)cn1CC(C)C. The molecule has 0 unspecified atom stereocenters. The Morgan fingerprint density at radius 3 is 1.29 bits per heavy atom. The first kappa shape index (κ1) is 22.3. The molecule has 0 aromatic carbocycles. The Kier molecular flexibility index (Phi) is 7.96. The number of rotatable bonds is 10. The van der Waals surface area contributed by atoms with Crippen molar-refractivity contribution in [1.29, 1.82) is 0 Å². The van der Waals surface area contributed by atoms with Crippen molar-refractivity contribution in [2.75, 3.05) is 0 Å². The van der Waals surface area contributed by atoms with E-state index in [-0.39, 0.29) is 0 Å². The third-order valence-electron chi connectivity index (χ3n) is 4.25. The summed E-state index contributed by atoms with van der Waals surface area (Å²) in [5.41, 5.74) is 0. The Labute approximate surface area is 170 Å². The smallest absolute Gasteiger partial charge is 0.192 e. The molecule has 2 aromatic heterocycles. The largest absolute Gasteiger partial charge is 0.332 e. The number of hydrogen-bond donors (Lipinski definition) is 0. The van der Waals surface area contributed by atoms with Crippen LogP contribution in [0.15, 0.2) is 22.6 Å². The van der Waals surface area contributed by atoms with E-state index in [1.165, 1.54) is 0 Å². The lowest BCUT2D eigenvalue weighted by Crippen LogP contribution is -2.09. The summed E-state index contributed by atoms with van der Waals surface area (Å²) in [5.74, 6) is 5.75. The maximum Gasteiger partial charge on any atom is 0.192 e. The fourth-order valence-corrected chi connectivity index (χ4v) is 3.24. The zero-order valence-corrected chi connectivity index (χ0v) is 19.0. The van der Waals surface area contributed by atoms with Crippen LogP contribution in [0.5, 0.6) is 0 Å². The lowest BCUT2D eigenvalue weighted by atomic mass is 10.1. The van der Waals surface area contributed by atoms with Crippen molar-refractivity contribution < 1.29 is 0 Å². The Hall–Kier alpha value is -1.98. The number of imidazole rings is 2. The van der Waals surface area contributed by atoms with Gasteiger partial charge < -0.3 is 9.13 Å². The minimum Gasteiger partial charge on any atom is -0.332 e. The van der Waals surface area contributed by atoms with Crippen LogP contribution < -0.4 is 0 Å². The zero-order valence-electron chi connectivity index (χ0n) is 19.0. The van der Waals surface area contributed by atoms with E-state index in [1.54, 1.807) is 0 Å². The second-order valence-electron chi connectivity index (χ2n) is 9.52. The molecule has 0 N–H and O–H groups in total. The van der Waals surface area contributed by atoms with Gasteiger partial charge in [-0.15, -0.1) is 10.2 Å². The van der Waals surface area contributed by atoms with Crippen LogP contribution in [0.4, 0.5) is 11.6 Å².